The van der Waals surface area contributed by atoms with E-state index < -0.39 is 11.3 Å². The molecule has 0 spiro atoms. The van der Waals surface area contributed by atoms with Gasteiger partial charge in [-0.2, -0.15) is 0 Å². The lowest BCUT2D eigenvalue weighted by molar-refractivity contribution is 0.0637. The molecule has 1 aromatic carbocycles. The Morgan fingerprint density at radius 3 is 2.54 bits per heavy atom. The molecule has 1 fully saturated rings. The van der Waals surface area contributed by atoms with Gasteiger partial charge in [0.25, 0.3) is 5.92 Å². The smallest absolute Gasteiger partial charge is 0.330 e. The molecular formula is C21H20F2N4O. The third-order valence-corrected chi connectivity index (χ3v) is 6.04. The topological polar surface area (TPSA) is 44.8 Å². The van der Waals surface area contributed by atoms with Crippen LogP contribution in [0.25, 0.3) is 33.3 Å². The average molecular weight is 382 g/mol. The highest BCUT2D eigenvalue weighted by Crippen LogP contribution is 2.61. The highest BCUT2D eigenvalue weighted by Gasteiger charge is 2.68. The molecule has 0 bridgehead atoms. The molecule has 3 heterocycles. The van der Waals surface area contributed by atoms with Gasteiger partial charge in [0.1, 0.15) is 0 Å². The van der Waals surface area contributed by atoms with Crippen molar-refractivity contribution in [3.05, 3.63) is 53.1 Å². The predicted octanol–water partition coefficient (Wildman–Crippen LogP) is 3.94. The normalized spacial score (nSPS) is 20.9. The lowest BCUT2D eigenvalue weighted by atomic mass is 10.1. The Balaban J connectivity index is 1.61. The summed E-state index contributed by atoms with van der Waals surface area (Å²) in [4.78, 5) is 17.3. The summed E-state index contributed by atoms with van der Waals surface area (Å²) in [5.41, 5.74) is 2.42. The van der Waals surface area contributed by atoms with Crippen LogP contribution in [0.5, 0.6) is 0 Å². The summed E-state index contributed by atoms with van der Waals surface area (Å²) >= 11 is 0. The third-order valence-electron chi connectivity index (χ3n) is 6.04. The number of hydrogen-bond donors (Lipinski definition) is 0. The summed E-state index contributed by atoms with van der Waals surface area (Å²) in [6, 6.07) is 11.8. The molecule has 3 aromatic heterocycles. The van der Waals surface area contributed by atoms with Crippen LogP contribution < -0.4 is 5.69 Å². The second-order valence-electron chi connectivity index (χ2n) is 8.11. The molecule has 0 aliphatic heterocycles. The van der Waals surface area contributed by atoms with Crippen LogP contribution >= 0.6 is 0 Å². The molecule has 0 amide bonds. The van der Waals surface area contributed by atoms with E-state index in [1.54, 1.807) is 13.1 Å². The second-order valence-corrected chi connectivity index (χ2v) is 8.11. The number of nitrogens with zero attached hydrogens (tertiary/aromatic N) is 4. The first-order chi connectivity index (χ1) is 13.2. The Morgan fingerprint density at radius 1 is 1.11 bits per heavy atom. The quantitative estimate of drug-likeness (QED) is 0.539. The van der Waals surface area contributed by atoms with E-state index >= 15 is 0 Å². The van der Waals surface area contributed by atoms with Crippen molar-refractivity contribution in [2.45, 2.75) is 25.8 Å². The molecule has 1 aliphatic rings. The van der Waals surface area contributed by atoms with Crippen molar-refractivity contribution in [2.75, 3.05) is 0 Å². The van der Waals surface area contributed by atoms with Gasteiger partial charge in [-0.15, -0.1) is 0 Å². The van der Waals surface area contributed by atoms with Gasteiger partial charge in [0.2, 0.25) is 0 Å². The zero-order valence-corrected chi connectivity index (χ0v) is 15.9. The van der Waals surface area contributed by atoms with Gasteiger partial charge in [-0.05, 0) is 30.3 Å². The minimum Gasteiger partial charge on any atom is -0.351 e. The number of halogens is 2. The Morgan fingerprint density at radius 2 is 1.82 bits per heavy atom. The molecule has 28 heavy (non-hydrogen) atoms. The van der Waals surface area contributed by atoms with Crippen LogP contribution in [0.4, 0.5) is 8.78 Å². The SMILES string of the molecule is Cn1ccc2cc(-c3ccc4c(n3)n(C)c(=O)n4CC3(C)CC3(F)F)ccc21. The summed E-state index contributed by atoms with van der Waals surface area (Å²) in [6.07, 6.45) is 1.81. The zero-order valence-electron chi connectivity index (χ0n) is 15.9. The molecule has 1 saturated carbocycles. The van der Waals surface area contributed by atoms with Gasteiger partial charge in [-0.3, -0.25) is 9.13 Å². The fourth-order valence-electron chi connectivity index (χ4n) is 3.99. The number of imidazole rings is 1. The average Bonchev–Trinajstić information content (AvgIpc) is 2.91. The van der Waals surface area contributed by atoms with E-state index in [1.165, 1.54) is 16.1 Å². The van der Waals surface area contributed by atoms with Crippen LogP contribution in [0.1, 0.15) is 13.3 Å². The molecular weight excluding hydrogens is 362 g/mol. The summed E-state index contributed by atoms with van der Waals surface area (Å²) in [7, 11) is 3.63. The molecule has 0 radical (unpaired) electrons. The maximum Gasteiger partial charge on any atom is 0.330 e. The number of aryl methyl sites for hydroxylation is 2. The van der Waals surface area contributed by atoms with Crippen LogP contribution in [0.2, 0.25) is 0 Å². The van der Waals surface area contributed by atoms with E-state index in [4.69, 9.17) is 0 Å². The van der Waals surface area contributed by atoms with E-state index in [0.29, 0.717) is 11.2 Å². The first-order valence-electron chi connectivity index (χ1n) is 9.20. The van der Waals surface area contributed by atoms with Crippen molar-refractivity contribution in [1.82, 2.24) is 18.7 Å². The van der Waals surface area contributed by atoms with Crippen LogP contribution in [-0.2, 0) is 20.6 Å². The molecule has 7 heteroatoms. The van der Waals surface area contributed by atoms with E-state index in [2.05, 4.69) is 11.1 Å². The van der Waals surface area contributed by atoms with Gasteiger partial charge < -0.3 is 4.57 Å². The number of pyridine rings is 1. The van der Waals surface area contributed by atoms with Gasteiger partial charge in [0.15, 0.2) is 5.65 Å². The monoisotopic (exact) mass is 382 g/mol. The number of aromatic nitrogens is 4. The highest BCUT2D eigenvalue weighted by molar-refractivity contribution is 5.86. The largest absolute Gasteiger partial charge is 0.351 e. The van der Waals surface area contributed by atoms with E-state index in [-0.39, 0.29) is 18.7 Å². The van der Waals surface area contributed by atoms with Crippen molar-refractivity contribution in [3.63, 3.8) is 0 Å². The van der Waals surface area contributed by atoms with Crippen LogP contribution in [0.15, 0.2) is 47.4 Å². The zero-order chi connectivity index (χ0) is 19.8. The third kappa shape index (κ3) is 2.28. The summed E-state index contributed by atoms with van der Waals surface area (Å²) in [5.74, 6) is -2.72. The van der Waals surface area contributed by atoms with Crippen LogP contribution in [-0.4, -0.2) is 24.6 Å². The molecule has 5 rings (SSSR count). The summed E-state index contributed by atoms with van der Waals surface area (Å²) < 4.78 is 32.3. The van der Waals surface area contributed by atoms with Crippen LogP contribution in [0, 0.1) is 5.41 Å². The number of alkyl halides is 2. The molecule has 1 aliphatic carbocycles. The Labute approximate surface area is 159 Å². The lowest BCUT2D eigenvalue weighted by Gasteiger charge is -2.11. The highest BCUT2D eigenvalue weighted by atomic mass is 19.3. The van der Waals surface area contributed by atoms with Crippen LogP contribution in [0.3, 0.4) is 0 Å². The van der Waals surface area contributed by atoms with Gasteiger partial charge in [-0.1, -0.05) is 13.0 Å². The molecule has 1 atom stereocenters. The summed E-state index contributed by atoms with van der Waals surface area (Å²) in [5, 5.41) is 1.11. The lowest BCUT2D eigenvalue weighted by Crippen LogP contribution is -2.27. The molecule has 0 saturated heterocycles. The maximum absolute atomic E-state index is 13.7. The molecule has 5 nitrogen and oxygen atoms in total. The molecule has 4 aromatic rings. The van der Waals surface area contributed by atoms with Gasteiger partial charge >= 0.3 is 5.69 Å². The predicted molar refractivity (Wildman–Crippen MR) is 105 cm³/mol. The summed E-state index contributed by atoms with van der Waals surface area (Å²) in [6.45, 7) is 1.52. The number of hydrogen-bond acceptors (Lipinski definition) is 2. The van der Waals surface area contributed by atoms with Gasteiger partial charge in [-0.25, -0.2) is 18.6 Å². The van der Waals surface area contributed by atoms with Crippen molar-refractivity contribution in [2.24, 2.45) is 19.5 Å². The Bertz CT molecular complexity index is 1310. The first-order valence-corrected chi connectivity index (χ1v) is 9.20. The van der Waals surface area contributed by atoms with Gasteiger partial charge in [0.05, 0.1) is 16.6 Å². The van der Waals surface area contributed by atoms with E-state index in [1.807, 2.05) is 42.1 Å². The van der Waals surface area contributed by atoms with E-state index in [9.17, 15) is 13.6 Å². The Hall–Kier alpha value is -2.96. The van der Waals surface area contributed by atoms with Crippen molar-refractivity contribution in [3.8, 4) is 11.3 Å². The van der Waals surface area contributed by atoms with Gasteiger partial charge in [0, 0.05) is 49.7 Å². The minimum atomic E-state index is -2.72. The minimum absolute atomic E-state index is 0.00677. The standard InChI is InChI=1S/C21H20F2N4O/c1-20(11-21(20,22)23)12-27-17-7-5-15(24-18(17)26(3)19(27)28)13-4-6-16-14(10-13)8-9-25(16)2/h4-10H,11-12H2,1-3H3. The molecule has 144 valence electrons. The number of fused-ring (bicyclic) bond motifs is 2. The van der Waals surface area contributed by atoms with Crippen molar-refractivity contribution >= 4 is 22.1 Å². The fraction of sp³-hybridized carbons (Fsp3) is 0.333. The Kier molecular flexibility index (Phi) is 3.25. The number of rotatable bonds is 3. The number of benzene rings is 1. The molecule has 0 N–H and O–H groups in total. The fourth-order valence-corrected chi connectivity index (χ4v) is 3.99. The molecule has 1 unspecified atom stereocenters. The van der Waals surface area contributed by atoms with E-state index in [0.717, 1.165) is 22.2 Å². The first kappa shape index (κ1) is 17.2. The van der Waals surface area contributed by atoms with Crippen molar-refractivity contribution in [1.29, 1.82) is 0 Å². The second kappa shape index (κ2) is 5.31. The maximum atomic E-state index is 13.7. The van der Waals surface area contributed by atoms with Crippen molar-refractivity contribution < 1.29 is 8.78 Å².